The van der Waals surface area contributed by atoms with Gasteiger partial charge in [0.2, 0.25) is 0 Å². The van der Waals surface area contributed by atoms with Crippen LogP contribution in [0.15, 0.2) is 66.7 Å². The highest BCUT2D eigenvalue weighted by molar-refractivity contribution is 5.98. The molecule has 1 aromatic heterocycles. The van der Waals surface area contributed by atoms with Crippen LogP contribution in [-0.4, -0.2) is 33.3 Å². The Bertz CT molecular complexity index is 1430. The molecule has 0 aliphatic heterocycles. The summed E-state index contributed by atoms with van der Waals surface area (Å²) in [6.45, 7) is 5.60. The zero-order chi connectivity index (χ0) is 25.9. The predicted molar refractivity (Wildman–Crippen MR) is 146 cm³/mol. The minimum absolute atomic E-state index is 0.0232. The molecule has 6 heteroatoms. The SMILES string of the molecule is Cc1nn(Cc2ccc(-c3ccccc3C(=O)O)cc2)c2ccc(C(=O)NCC3CCC(C)CC3)cc12. The van der Waals surface area contributed by atoms with Crippen molar-refractivity contribution in [1.29, 1.82) is 0 Å². The van der Waals surface area contributed by atoms with Crippen molar-refractivity contribution < 1.29 is 14.7 Å². The molecule has 1 heterocycles. The molecule has 0 radical (unpaired) electrons. The average molecular weight is 496 g/mol. The number of nitrogens with one attached hydrogen (secondary N) is 1. The number of aromatic nitrogens is 2. The summed E-state index contributed by atoms with van der Waals surface area (Å²) in [6.07, 6.45) is 4.89. The first-order chi connectivity index (χ1) is 17.9. The Hall–Kier alpha value is -3.93. The van der Waals surface area contributed by atoms with Crippen LogP contribution in [0, 0.1) is 18.8 Å². The van der Waals surface area contributed by atoms with Crippen LogP contribution in [0.4, 0.5) is 0 Å². The molecule has 5 rings (SSSR count). The summed E-state index contributed by atoms with van der Waals surface area (Å²) in [5.74, 6) is 0.428. The highest BCUT2D eigenvalue weighted by Crippen LogP contribution is 2.28. The van der Waals surface area contributed by atoms with Crippen molar-refractivity contribution in [2.24, 2.45) is 11.8 Å². The third kappa shape index (κ3) is 5.43. The van der Waals surface area contributed by atoms with Gasteiger partial charge in [-0.3, -0.25) is 9.48 Å². The van der Waals surface area contributed by atoms with Crippen LogP contribution >= 0.6 is 0 Å². The lowest BCUT2D eigenvalue weighted by atomic mass is 9.83. The van der Waals surface area contributed by atoms with Gasteiger partial charge in [-0.2, -0.15) is 5.10 Å². The molecule has 0 bridgehead atoms. The maximum Gasteiger partial charge on any atom is 0.336 e. The van der Waals surface area contributed by atoms with E-state index in [0.717, 1.165) is 40.2 Å². The molecule has 6 nitrogen and oxygen atoms in total. The van der Waals surface area contributed by atoms with Crippen LogP contribution in [0.3, 0.4) is 0 Å². The molecule has 37 heavy (non-hydrogen) atoms. The summed E-state index contributed by atoms with van der Waals surface area (Å²) < 4.78 is 1.95. The van der Waals surface area contributed by atoms with E-state index in [1.165, 1.54) is 25.7 Å². The van der Waals surface area contributed by atoms with E-state index in [9.17, 15) is 14.7 Å². The molecule has 3 aromatic carbocycles. The lowest BCUT2D eigenvalue weighted by Gasteiger charge is -2.26. The number of amides is 1. The molecule has 1 saturated carbocycles. The number of carboxylic acid groups (broad SMARTS) is 1. The smallest absolute Gasteiger partial charge is 0.336 e. The Morgan fingerprint density at radius 2 is 1.73 bits per heavy atom. The number of fused-ring (bicyclic) bond motifs is 1. The van der Waals surface area contributed by atoms with Gasteiger partial charge in [-0.1, -0.05) is 62.2 Å². The number of carboxylic acids is 1. The van der Waals surface area contributed by atoms with Gasteiger partial charge in [-0.25, -0.2) is 4.79 Å². The largest absolute Gasteiger partial charge is 0.478 e. The van der Waals surface area contributed by atoms with Gasteiger partial charge in [0.25, 0.3) is 5.91 Å². The average Bonchev–Trinajstić information content (AvgIpc) is 3.22. The Morgan fingerprint density at radius 1 is 1.00 bits per heavy atom. The van der Waals surface area contributed by atoms with Crippen molar-refractivity contribution in [3.63, 3.8) is 0 Å². The Kier molecular flexibility index (Phi) is 7.08. The number of benzene rings is 3. The van der Waals surface area contributed by atoms with Crippen LogP contribution < -0.4 is 5.32 Å². The number of hydrogen-bond donors (Lipinski definition) is 2. The monoisotopic (exact) mass is 495 g/mol. The van der Waals surface area contributed by atoms with Crippen molar-refractivity contribution in [3.8, 4) is 11.1 Å². The van der Waals surface area contributed by atoms with E-state index in [1.54, 1.807) is 12.1 Å². The van der Waals surface area contributed by atoms with E-state index in [-0.39, 0.29) is 11.5 Å². The van der Waals surface area contributed by atoms with Crippen molar-refractivity contribution >= 4 is 22.8 Å². The lowest BCUT2D eigenvalue weighted by Crippen LogP contribution is -2.31. The molecule has 0 atom stereocenters. The van der Waals surface area contributed by atoms with Gasteiger partial charge < -0.3 is 10.4 Å². The molecule has 1 fully saturated rings. The molecular formula is C31H33N3O3. The summed E-state index contributed by atoms with van der Waals surface area (Å²) in [5, 5.41) is 18.4. The topological polar surface area (TPSA) is 84.2 Å². The number of rotatable bonds is 7. The van der Waals surface area contributed by atoms with Gasteiger partial charge in [-0.05, 0) is 72.6 Å². The normalized spacial score (nSPS) is 17.6. The third-order valence-corrected chi connectivity index (χ3v) is 7.64. The molecule has 4 aromatic rings. The summed E-state index contributed by atoms with van der Waals surface area (Å²) >= 11 is 0. The molecule has 2 N–H and O–H groups in total. The van der Waals surface area contributed by atoms with E-state index in [2.05, 4.69) is 12.2 Å². The summed E-state index contributed by atoms with van der Waals surface area (Å²) in [4.78, 5) is 24.4. The highest BCUT2D eigenvalue weighted by atomic mass is 16.4. The fraction of sp³-hybridized carbons (Fsp3) is 0.323. The molecule has 1 amide bonds. The first kappa shape index (κ1) is 24.8. The van der Waals surface area contributed by atoms with E-state index >= 15 is 0 Å². The van der Waals surface area contributed by atoms with E-state index in [0.29, 0.717) is 23.6 Å². The van der Waals surface area contributed by atoms with Crippen LogP contribution in [0.1, 0.15) is 64.6 Å². The predicted octanol–water partition coefficient (Wildman–Crippen LogP) is 6.31. The first-order valence-electron chi connectivity index (χ1n) is 13.1. The van der Waals surface area contributed by atoms with Gasteiger partial charge in [0.05, 0.1) is 23.3 Å². The van der Waals surface area contributed by atoms with Crippen LogP contribution in [0.2, 0.25) is 0 Å². The second-order valence-corrected chi connectivity index (χ2v) is 10.4. The van der Waals surface area contributed by atoms with Crippen molar-refractivity contribution in [2.45, 2.75) is 46.1 Å². The Labute approximate surface area is 217 Å². The summed E-state index contributed by atoms with van der Waals surface area (Å²) in [6, 6.07) is 20.7. The molecule has 1 aliphatic carbocycles. The molecule has 1 aliphatic rings. The zero-order valence-corrected chi connectivity index (χ0v) is 21.4. The van der Waals surface area contributed by atoms with Crippen LogP contribution in [-0.2, 0) is 6.54 Å². The second kappa shape index (κ2) is 10.6. The van der Waals surface area contributed by atoms with Crippen LogP contribution in [0.5, 0.6) is 0 Å². The standard InChI is InChI=1S/C31H33N3O3/c1-20-7-9-22(10-8-20)18-32-30(35)25-15-16-29-28(17-25)21(2)33-34(29)19-23-11-13-24(14-12-23)26-5-3-4-6-27(26)31(36)37/h3-6,11-17,20,22H,7-10,18-19H2,1-2H3,(H,32,35)(H,36,37). The molecule has 0 saturated heterocycles. The number of aromatic carboxylic acids is 1. The molecule has 190 valence electrons. The van der Waals surface area contributed by atoms with Crippen LogP contribution in [0.25, 0.3) is 22.0 Å². The summed E-state index contributed by atoms with van der Waals surface area (Å²) in [7, 11) is 0. The Morgan fingerprint density at radius 3 is 2.46 bits per heavy atom. The minimum atomic E-state index is -0.935. The maximum absolute atomic E-state index is 12.8. The maximum atomic E-state index is 12.8. The van der Waals surface area contributed by atoms with Crippen molar-refractivity contribution in [1.82, 2.24) is 15.1 Å². The van der Waals surface area contributed by atoms with Crippen molar-refractivity contribution in [2.75, 3.05) is 6.54 Å². The number of carbonyl (C=O) groups is 2. The van der Waals surface area contributed by atoms with Gasteiger partial charge in [-0.15, -0.1) is 0 Å². The molecular weight excluding hydrogens is 462 g/mol. The van der Waals surface area contributed by atoms with E-state index < -0.39 is 5.97 Å². The minimum Gasteiger partial charge on any atom is -0.478 e. The van der Waals surface area contributed by atoms with Gasteiger partial charge in [0.15, 0.2) is 0 Å². The van der Waals surface area contributed by atoms with E-state index in [4.69, 9.17) is 5.10 Å². The van der Waals surface area contributed by atoms with Crippen molar-refractivity contribution in [3.05, 3.63) is 89.1 Å². The van der Waals surface area contributed by atoms with E-state index in [1.807, 2.05) is 66.2 Å². The first-order valence-corrected chi connectivity index (χ1v) is 13.1. The lowest BCUT2D eigenvalue weighted by molar-refractivity contribution is 0.0697. The highest BCUT2D eigenvalue weighted by Gasteiger charge is 2.19. The third-order valence-electron chi connectivity index (χ3n) is 7.64. The van der Waals surface area contributed by atoms with Gasteiger partial charge >= 0.3 is 5.97 Å². The molecule has 0 unspecified atom stereocenters. The van der Waals surface area contributed by atoms with Gasteiger partial charge in [0.1, 0.15) is 0 Å². The fourth-order valence-electron chi connectivity index (χ4n) is 5.36. The van der Waals surface area contributed by atoms with Gasteiger partial charge in [0, 0.05) is 17.5 Å². The molecule has 0 spiro atoms. The fourth-order valence-corrected chi connectivity index (χ4v) is 5.36. The Balaban J connectivity index is 1.29. The second-order valence-electron chi connectivity index (χ2n) is 10.4. The number of carbonyl (C=O) groups excluding carboxylic acids is 1. The zero-order valence-electron chi connectivity index (χ0n) is 21.4. The number of nitrogens with zero attached hydrogens (tertiary/aromatic N) is 2. The quantitative estimate of drug-likeness (QED) is 0.314. The number of aryl methyl sites for hydroxylation is 1. The summed E-state index contributed by atoms with van der Waals surface area (Å²) in [5.41, 5.74) is 5.45. The number of hydrogen-bond acceptors (Lipinski definition) is 3.